The highest BCUT2D eigenvalue weighted by atomic mass is 35.5. The molecule has 0 saturated carbocycles. The number of carbonyl (C=O) groups excluding carboxylic acids is 2. The van der Waals surface area contributed by atoms with Gasteiger partial charge in [0.1, 0.15) is 5.82 Å². The first kappa shape index (κ1) is 20.9. The van der Waals surface area contributed by atoms with Crippen LogP contribution in [0, 0.1) is 5.82 Å². The predicted molar refractivity (Wildman–Crippen MR) is 115 cm³/mol. The van der Waals surface area contributed by atoms with Crippen LogP contribution in [0.15, 0.2) is 76.5 Å². The lowest BCUT2D eigenvalue weighted by atomic mass is 10.1. The lowest BCUT2D eigenvalue weighted by Crippen LogP contribution is -2.15. The molecule has 2 N–H and O–H groups in total. The molecule has 29 heavy (non-hydrogen) atoms. The molecule has 0 heterocycles. The number of benzene rings is 3. The normalized spacial score (nSPS) is 10.4. The van der Waals surface area contributed by atoms with E-state index in [1.807, 2.05) is 6.07 Å². The smallest absolute Gasteiger partial charge is 0.228 e. The van der Waals surface area contributed by atoms with Crippen molar-refractivity contribution in [3.8, 4) is 0 Å². The number of anilines is 2. The molecule has 0 spiro atoms. The zero-order valence-electron chi connectivity index (χ0n) is 15.5. The molecule has 3 aromatic rings. The Kier molecular flexibility index (Phi) is 6.90. The van der Waals surface area contributed by atoms with E-state index in [4.69, 9.17) is 11.6 Å². The monoisotopic (exact) mass is 428 g/mol. The van der Waals surface area contributed by atoms with Gasteiger partial charge in [0.05, 0.1) is 12.1 Å². The van der Waals surface area contributed by atoms with E-state index >= 15 is 0 Å². The van der Waals surface area contributed by atoms with Crippen LogP contribution in [-0.4, -0.2) is 11.8 Å². The minimum Gasteiger partial charge on any atom is -0.326 e. The number of carbonyl (C=O) groups is 2. The molecule has 3 rings (SSSR count). The van der Waals surface area contributed by atoms with E-state index in [0.717, 1.165) is 15.4 Å². The molecule has 0 aliphatic carbocycles. The maximum atomic E-state index is 13.1. The zero-order chi connectivity index (χ0) is 20.8. The van der Waals surface area contributed by atoms with Gasteiger partial charge in [-0.15, -0.1) is 0 Å². The standard InChI is InChI=1S/C22H18ClFN2O2S/c1-14(27)25-18-7-2-15(3-8-18)12-22(28)26-20-13-16(23)4-11-21(20)29-19-9-5-17(24)6-10-19/h2-11,13H,12H2,1H3,(H,25,27)(H,26,28). The van der Waals surface area contributed by atoms with Crippen molar-refractivity contribution in [3.63, 3.8) is 0 Å². The van der Waals surface area contributed by atoms with Crippen LogP contribution in [0.3, 0.4) is 0 Å². The molecule has 0 atom stereocenters. The van der Waals surface area contributed by atoms with Gasteiger partial charge in [0.2, 0.25) is 11.8 Å². The zero-order valence-corrected chi connectivity index (χ0v) is 17.1. The highest BCUT2D eigenvalue weighted by molar-refractivity contribution is 7.99. The highest BCUT2D eigenvalue weighted by Crippen LogP contribution is 2.35. The molecule has 0 bridgehead atoms. The average Bonchev–Trinajstić information content (AvgIpc) is 2.67. The van der Waals surface area contributed by atoms with Gasteiger partial charge in [-0.25, -0.2) is 4.39 Å². The Morgan fingerprint density at radius 1 is 0.966 bits per heavy atom. The second-order valence-electron chi connectivity index (χ2n) is 6.30. The molecular weight excluding hydrogens is 411 g/mol. The van der Waals surface area contributed by atoms with Gasteiger partial charge in [-0.3, -0.25) is 9.59 Å². The maximum absolute atomic E-state index is 13.1. The number of halogens is 2. The number of hydrogen-bond donors (Lipinski definition) is 2. The van der Waals surface area contributed by atoms with Gasteiger partial charge in [-0.1, -0.05) is 35.5 Å². The summed E-state index contributed by atoms with van der Waals surface area (Å²) in [6.07, 6.45) is 0.174. The summed E-state index contributed by atoms with van der Waals surface area (Å²) in [7, 11) is 0. The van der Waals surface area contributed by atoms with Crippen molar-refractivity contribution in [1.29, 1.82) is 0 Å². The largest absolute Gasteiger partial charge is 0.326 e. The Hall–Kier alpha value is -2.83. The fourth-order valence-electron chi connectivity index (χ4n) is 2.61. The molecule has 2 amide bonds. The van der Waals surface area contributed by atoms with Gasteiger partial charge in [0, 0.05) is 27.4 Å². The van der Waals surface area contributed by atoms with Gasteiger partial charge in [-0.05, 0) is 60.2 Å². The van der Waals surface area contributed by atoms with E-state index < -0.39 is 0 Å². The molecule has 3 aromatic carbocycles. The topological polar surface area (TPSA) is 58.2 Å². The lowest BCUT2D eigenvalue weighted by Gasteiger charge is -2.12. The van der Waals surface area contributed by atoms with Crippen LogP contribution in [-0.2, 0) is 16.0 Å². The average molecular weight is 429 g/mol. The number of amides is 2. The van der Waals surface area contributed by atoms with Crippen LogP contribution >= 0.6 is 23.4 Å². The van der Waals surface area contributed by atoms with Crippen molar-refractivity contribution < 1.29 is 14.0 Å². The molecule has 148 valence electrons. The summed E-state index contributed by atoms with van der Waals surface area (Å²) in [5.41, 5.74) is 2.08. The first-order chi connectivity index (χ1) is 13.9. The molecule has 0 aliphatic heterocycles. The molecular formula is C22H18ClFN2O2S. The SMILES string of the molecule is CC(=O)Nc1ccc(CC(=O)Nc2cc(Cl)ccc2Sc2ccc(F)cc2)cc1. The molecule has 7 heteroatoms. The summed E-state index contributed by atoms with van der Waals surface area (Å²) in [6, 6.07) is 18.4. The Morgan fingerprint density at radius 2 is 1.66 bits per heavy atom. The van der Waals surface area contributed by atoms with E-state index in [-0.39, 0.29) is 24.1 Å². The predicted octanol–water partition coefficient (Wildman–Crippen LogP) is 5.77. The fourth-order valence-corrected chi connectivity index (χ4v) is 3.66. The number of nitrogens with one attached hydrogen (secondary N) is 2. The summed E-state index contributed by atoms with van der Waals surface area (Å²) in [4.78, 5) is 25.2. The van der Waals surface area contributed by atoms with Gasteiger partial charge in [-0.2, -0.15) is 0 Å². The third-order valence-corrected chi connectivity index (χ3v) is 5.22. The van der Waals surface area contributed by atoms with Gasteiger partial charge >= 0.3 is 0 Å². The van der Waals surface area contributed by atoms with Crippen LogP contribution in [0.5, 0.6) is 0 Å². The van der Waals surface area contributed by atoms with Crippen molar-refractivity contribution in [2.75, 3.05) is 10.6 Å². The number of hydrogen-bond acceptors (Lipinski definition) is 3. The van der Waals surface area contributed by atoms with E-state index in [1.54, 1.807) is 48.5 Å². The molecule has 0 fully saturated rings. The van der Waals surface area contributed by atoms with Crippen LogP contribution in [0.1, 0.15) is 12.5 Å². The first-order valence-corrected chi connectivity index (χ1v) is 9.98. The van der Waals surface area contributed by atoms with Gasteiger partial charge in [0.15, 0.2) is 0 Å². The molecule has 0 saturated heterocycles. The molecule has 0 aliphatic rings. The summed E-state index contributed by atoms with van der Waals surface area (Å²) >= 11 is 7.51. The Morgan fingerprint density at radius 3 is 2.31 bits per heavy atom. The fraction of sp³-hybridized carbons (Fsp3) is 0.0909. The van der Waals surface area contributed by atoms with Crippen molar-refractivity contribution >= 4 is 46.6 Å². The highest BCUT2D eigenvalue weighted by Gasteiger charge is 2.11. The van der Waals surface area contributed by atoms with E-state index in [1.165, 1.54) is 30.8 Å². The van der Waals surface area contributed by atoms with Crippen molar-refractivity contribution in [1.82, 2.24) is 0 Å². The molecule has 0 aromatic heterocycles. The van der Waals surface area contributed by atoms with E-state index in [0.29, 0.717) is 16.4 Å². The lowest BCUT2D eigenvalue weighted by molar-refractivity contribution is -0.116. The van der Waals surface area contributed by atoms with Crippen LogP contribution < -0.4 is 10.6 Å². The first-order valence-electron chi connectivity index (χ1n) is 8.78. The summed E-state index contributed by atoms with van der Waals surface area (Å²) in [5, 5.41) is 6.08. The molecule has 0 unspecified atom stereocenters. The Balaban J connectivity index is 1.70. The third kappa shape index (κ3) is 6.34. The summed E-state index contributed by atoms with van der Waals surface area (Å²) in [6.45, 7) is 1.44. The van der Waals surface area contributed by atoms with Gasteiger partial charge in [0.25, 0.3) is 0 Å². The molecule has 4 nitrogen and oxygen atoms in total. The third-order valence-electron chi connectivity index (χ3n) is 3.90. The summed E-state index contributed by atoms with van der Waals surface area (Å²) < 4.78 is 13.1. The van der Waals surface area contributed by atoms with Gasteiger partial charge < -0.3 is 10.6 Å². The quantitative estimate of drug-likeness (QED) is 0.524. The minimum absolute atomic E-state index is 0.150. The van der Waals surface area contributed by atoms with Crippen LogP contribution in [0.4, 0.5) is 15.8 Å². The maximum Gasteiger partial charge on any atom is 0.228 e. The van der Waals surface area contributed by atoms with Crippen LogP contribution in [0.25, 0.3) is 0 Å². The van der Waals surface area contributed by atoms with Crippen LogP contribution in [0.2, 0.25) is 5.02 Å². The molecule has 0 radical (unpaired) electrons. The van der Waals surface area contributed by atoms with E-state index in [2.05, 4.69) is 10.6 Å². The summed E-state index contributed by atoms with van der Waals surface area (Å²) in [5.74, 6) is -0.647. The minimum atomic E-state index is -0.302. The van der Waals surface area contributed by atoms with Crippen molar-refractivity contribution in [3.05, 3.63) is 83.1 Å². The second kappa shape index (κ2) is 9.58. The van der Waals surface area contributed by atoms with Crippen molar-refractivity contribution in [2.24, 2.45) is 0 Å². The Labute approximate surface area is 177 Å². The second-order valence-corrected chi connectivity index (χ2v) is 7.85. The van der Waals surface area contributed by atoms with Crippen molar-refractivity contribution in [2.45, 2.75) is 23.1 Å². The Bertz CT molecular complexity index is 1020. The number of rotatable bonds is 6. The van der Waals surface area contributed by atoms with E-state index in [9.17, 15) is 14.0 Å².